The first-order valence-corrected chi connectivity index (χ1v) is 7.82. The first-order chi connectivity index (χ1) is 10.5. The van der Waals surface area contributed by atoms with Crippen LogP contribution in [0.2, 0.25) is 0 Å². The van der Waals surface area contributed by atoms with Crippen molar-refractivity contribution in [1.82, 2.24) is 10.3 Å². The SMILES string of the molecule is Cc1ccc(OCC(=O)NN=C2CCN(C(C)C)CC2)cc1. The van der Waals surface area contributed by atoms with Gasteiger partial charge in [-0.25, -0.2) is 5.43 Å². The first kappa shape index (κ1) is 16.5. The number of rotatable bonds is 5. The highest BCUT2D eigenvalue weighted by molar-refractivity contribution is 5.87. The van der Waals surface area contributed by atoms with E-state index >= 15 is 0 Å². The van der Waals surface area contributed by atoms with Crippen LogP contribution in [-0.4, -0.2) is 42.3 Å². The smallest absolute Gasteiger partial charge is 0.277 e. The summed E-state index contributed by atoms with van der Waals surface area (Å²) < 4.78 is 5.42. The zero-order chi connectivity index (χ0) is 15.9. The van der Waals surface area contributed by atoms with Crippen LogP contribution >= 0.6 is 0 Å². The molecule has 1 aromatic carbocycles. The standard InChI is InChI=1S/C17H25N3O2/c1-13(2)20-10-8-15(9-11-20)18-19-17(21)12-22-16-6-4-14(3)5-7-16/h4-7,13H,8-12H2,1-3H3,(H,19,21). The Kier molecular flexibility index (Phi) is 5.95. The van der Waals surface area contributed by atoms with Gasteiger partial charge in [-0.15, -0.1) is 0 Å². The molecule has 0 unspecified atom stereocenters. The number of aryl methyl sites for hydroxylation is 1. The number of carbonyl (C=O) groups is 1. The minimum atomic E-state index is -0.223. The van der Waals surface area contributed by atoms with Gasteiger partial charge in [-0.05, 0) is 32.9 Å². The molecular weight excluding hydrogens is 278 g/mol. The minimum Gasteiger partial charge on any atom is -0.484 e. The van der Waals surface area contributed by atoms with Gasteiger partial charge in [-0.3, -0.25) is 4.79 Å². The second-order valence-corrected chi connectivity index (χ2v) is 5.94. The van der Waals surface area contributed by atoms with Crippen molar-refractivity contribution in [3.05, 3.63) is 29.8 Å². The number of benzene rings is 1. The molecule has 1 amide bonds. The minimum absolute atomic E-state index is 0.0159. The molecule has 2 rings (SSSR count). The van der Waals surface area contributed by atoms with Crippen molar-refractivity contribution < 1.29 is 9.53 Å². The van der Waals surface area contributed by atoms with E-state index in [1.807, 2.05) is 31.2 Å². The fourth-order valence-corrected chi connectivity index (χ4v) is 2.37. The van der Waals surface area contributed by atoms with E-state index in [9.17, 15) is 4.79 Å². The van der Waals surface area contributed by atoms with Gasteiger partial charge in [0.25, 0.3) is 5.91 Å². The predicted molar refractivity (Wildman–Crippen MR) is 88.2 cm³/mol. The van der Waals surface area contributed by atoms with Crippen LogP contribution in [-0.2, 0) is 4.79 Å². The van der Waals surface area contributed by atoms with Gasteiger partial charge in [0.15, 0.2) is 6.61 Å². The number of amides is 1. The highest BCUT2D eigenvalue weighted by Crippen LogP contribution is 2.11. The summed E-state index contributed by atoms with van der Waals surface area (Å²) in [5, 5.41) is 4.21. The maximum Gasteiger partial charge on any atom is 0.277 e. The molecule has 0 aromatic heterocycles. The predicted octanol–water partition coefficient (Wildman–Crippen LogP) is 2.35. The van der Waals surface area contributed by atoms with Crippen LogP contribution < -0.4 is 10.2 Å². The van der Waals surface area contributed by atoms with E-state index in [1.54, 1.807) is 0 Å². The molecule has 1 aliphatic rings. The van der Waals surface area contributed by atoms with Gasteiger partial charge in [0.05, 0.1) is 0 Å². The number of hydrogen-bond donors (Lipinski definition) is 1. The summed E-state index contributed by atoms with van der Waals surface area (Å²) in [6.45, 7) is 8.41. The van der Waals surface area contributed by atoms with Crippen molar-refractivity contribution in [2.45, 2.75) is 39.7 Å². The van der Waals surface area contributed by atoms with Crippen molar-refractivity contribution in [2.24, 2.45) is 5.10 Å². The van der Waals surface area contributed by atoms with Crippen LogP contribution in [0.15, 0.2) is 29.4 Å². The van der Waals surface area contributed by atoms with Gasteiger partial charge in [0.1, 0.15) is 5.75 Å². The third-order valence-corrected chi connectivity index (χ3v) is 3.84. The summed E-state index contributed by atoms with van der Waals surface area (Å²) in [6.07, 6.45) is 1.83. The number of hydrogen-bond acceptors (Lipinski definition) is 4. The molecule has 1 aliphatic heterocycles. The highest BCUT2D eigenvalue weighted by atomic mass is 16.5. The van der Waals surface area contributed by atoms with Crippen LogP contribution in [0.1, 0.15) is 32.3 Å². The molecule has 1 saturated heterocycles. The summed E-state index contributed by atoms with van der Waals surface area (Å²) in [5.74, 6) is 0.470. The molecule has 22 heavy (non-hydrogen) atoms. The quantitative estimate of drug-likeness (QED) is 0.850. The number of piperidine rings is 1. The summed E-state index contributed by atoms with van der Waals surface area (Å²) >= 11 is 0. The van der Waals surface area contributed by atoms with Gasteiger partial charge in [0.2, 0.25) is 0 Å². The molecule has 0 atom stereocenters. The Morgan fingerprint density at radius 1 is 1.27 bits per heavy atom. The van der Waals surface area contributed by atoms with Crippen molar-refractivity contribution in [1.29, 1.82) is 0 Å². The maximum absolute atomic E-state index is 11.7. The third kappa shape index (κ3) is 5.15. The van der Waals surface area contributed by atoms with E-state index < -0.39 is 0 Å². The molecule has 0 aliphatic carbocycles. The molecule has 1 N–H and O–H groups in total. The second kappa shape index (κ2) is 7.94. The Morgan fingerprint density at radius 3 is 2.50 bits per heavy atom. The van der Waals surface area contributed by atoms with E-state index in [1.165, 1.54) is 0 Å². The van der Waals surface area contributed by atoms with Gasteiger partial charge in [-0.2, -0.15) is 5.10 Å². The molecule has 1 heterocycles. The van der Waals surface area contributed by atoms with Crippen molar-refractivity contribution >= 4 is 11.6 Å². The number of nitrogens with zero attached hydrogens (tertiary/aromatic N) is 2. The Balaban J connectivity index is 1.71. The Hall–Kier alpha value is -1.88. The maximum atomic E-state index is 11.7. The lowest BCUT2D eigenvalue weighted by molar-refractivity contribution is -0.123. The lowest BCUT2D eigenvalue weighted by Crippen LogP contribution is -2.39. The van der Waals surface area contributed by atoms with Gasteiger partial charge < -0.3 is 9.64 Å². The van der Waals surface area contributed by atoms with Crippen LogP contribution in [0.3, 0.4) is 0 Å². The molecule has 0 spiro atoms. The number of carbonyl (C=O) groups excluding carboxylic acids is 1. The second-order valence-electron chi connectivity index (χ2n) is 5.94. The molecule has 0 saturated carbocycles. The zero-order valence-corrected chi connectivity index (χ0v) is 13.6. The van der Waals surface area contributed by atoms with E-state index in [0.717, 1.165) is 37.2 Å². The zero-order valence-electron chi connectivity index (χ0n) is 13.6. The number of likely N-dealkylation sites (tertiary alicyclic amines) is 1. The van der Waals surface area contributed by atoms with Gasteiger partial charge in [0, 0.05) is 37.7 Å². The van der Waals surface area contributed by atoms with E-state index in [-0.39, 0.29) is 12.5 Å². The monoisotopic (exact) mass is 303 g/mol. The van der Waals surface area contributed by atoms with Crippen LogP contribution in [0.4, 0.5) is 0 Å². The van der Waals surface area contributed by atoms with Crippen molar-refractivity contribution in [3.8, 4) is 5.75 Å². The third-order valence-electron chi connectivity index (χ3n) is 3.84. The van der Waals surface area contributed by atoms with E-state index in [4.69, 9.17) is 4.74 Å². The number of nitrogens with one attached hydrogen (secondary N) is 1. The van der Waals surface area contributed by atoms with Crippen molar-refractivity contribution in [3.63, 3.8) is 0 Å². The molecule has 0 bridgehead atoms. The summed E-state index contributed by atoms with van der Waals surface area (Å²) in [5.41, 5.74) is 4.80. The summed E-state index contributed by atoms with van der Waals surface area (Å²) in [4.78, 5) is 14.2. The number of hydrazone groups is 1. The van der Waals surface area contributed by atoms with Crippen molar-refractivity contribution in [2.75, 3.05) is 19.7 Å². The van der Waals surface area contributed by atoms with Gasteiger partial charge in [-0.1, -0.05) is 17.7 Å². The Morgan fingerprint density at radius 2 is 1.91 bits per heavy atom. The first-order valence-electron chi connectivity index (χ1n) is 7.82. The lowest BCUT2D eigenvalue weighted by atomic mass is 10.1. The fourth-order valence-electron chi connectivity index (χ4n) is 2.37. The Bertz CT molecular complexity index is 513. The normalized spacial score (nSPS) is 15.7. The molecule has 1 aromatic rings. The summed E-state index contributed by atoms with van der Waals surface area (Å²) in [6, 6.07) is 8.19. The summed E-state index contributed by atoms with van der Waals surface area (Å²) in [7, 11) is 0. The fraction of sp³-hybridized carbons (Fsp3) is 0.529. The topological polar surface area (TPSA) is 53.9 Å². The largest absolute Gasteiger partial charge is 0.484 e. The molecule has 0 radical (unpaired) electrons. The molecule has 1 fully saturated rings. The molecular formula is C17H25N3O2. The van der Waals surface area contributed by atoms with Gasteiger partial charge >= 0.3 is 0 Å². The lowest BCUT2D eigenvalue weighted by Gasteiger charge is -2.30. The molecule has 5 nitrogen and oxygen atoms in total. The Labute approximate surface area is 132 Å². The number of ether oxygens (including phenoxy) is 1. The van der Waals surface area contributed by atoms with Crippen LogP contribution in [0.5, 0.6) is 5.75 Å². The van der Waals surface area contributed by atoms with E-state index in [2.05, 4.69) is 29.3 Å². The average molecular weight is 303 g/mol. The van der Waals surface area contributed by atoms with Crippen LogP contribution in [0.25, 0.3) is 0 Å². The average Bonchev–Trinajstić information content (AvgIpc) is 2.52. The molecule has 5 heteroatoms. The van der Waals surface area contributed by atoms with E-state index in [0.29, 0.717) is 11.8 Å². The highest BCUT2D eigenvalue weighted by Gasteiger charge is 2.17. The molecule has 120 valence electrons. The van der Waals surface area contributed by atoms with Crippen LogP contribution in [0, 0.1) is 6.92 Å².